The second kappa shape index (κ2) is 6.56. The SMILES string of the molecule is CCc1ccc2nc(C)cc(C(=O)N3CCCC3c3cc(C)on3)c2c1. The molecule has 1 aliphatic heterocycles. The normalized spacial score (nSPS) is 17.2. The topological polar surface area (TPSA) is 59.2 Å². The van der Waals surface area contributed by atoms with Gasteiger partial charge in [0, 0.05) is 23.7 Å². The third-order valence-electron chi connectivity index (χ3n) is 5.14. The minimum Gasteiger partial charge on any atom is -0.361 e. The number of pyridine rings is 1. The fourth-order valence-corrected chi connectivity index (χ4v) is 3.82. The average Bonchev–Trinajstić information content (AvgIpc) is 3.28. The van der Waals surface area contributed by atoms with E-state index in [-0.39, 0.29) is 11.9 Å². The molecule has 1 fully saturated rings. The van der Waals surface area contributed by atoms with Crippen LogP contribution >= 0.6 is 0 Å². The van der Waals surface area contributed by atoms with Crippen LogP contribution < -0.4 is 0 Å². The molecule has 0 saturated carbocycles. The van der Waals surface area contributed by atoms with E-state index in [0.717, 1.165) is 59.4 Å². The van der Waals surface area contributed by atoms with Gasteiger partial charge in [-0.1, -0.05) is 18.1 Å². The number of carbonyl (C=O) groups is 1. The standard InChI is InChI=1S/C21H23N3O2/c1-4-15-7-8-18-16(12-15)17(10-13(2)22-18)21(25)24-9-5-6-20(24)19-11-14(3)26-23-19/h7-8,10-12,20H,4-6,9H2,1-3H3. The summed E-state index contributed by atoms with van der Waals surface area (Å²) >= 11 is 0. The van der Waals surface area contributed by atoms with Gasteiger partial charge in [-0.15, -0.1) is 0 Å². The maximum atomic E-state index is 13.4. The summed E-state index contributed by atoms with van der Waals surface area (Å²) in [7, 11) is 0. The van der Waals surface area contributed by atoms with Gasteiger partial charge >= 0.3 is 0 Å². The van der Waals surface area contributed by atoms with E-state index in [2.05, 4.69) is 29.2 Å². The summed E-state index contributed by atoms with van der Waals surface area (Å²) in [6.07, 6.45) is 2.83. The van der Waals surface area contributed by atoms with Gasteiger partial charge in [-0.05, 0) is 56.9 Å². The Balaban J connectivity index is 1.77. The average molecular weight is 349 g/mol. The Labute approximate surface area is 153 Å². The van der Waals surface area contributed by atoms with Crippen LogP contribution in [0.1, 0.15) is 58.9 Å². The van der Waals surface area contributed by atoms with E-state index in [4.69, 9.17) is 4.52 Å². The molecule has 0 spiro atoms. The van der Waals surface area contributed by atoms with Crippen molar-refractivity contribution in [3.8, 4) is 0 Å². The largest absolute Gasteiger partial charge is 0.361 e. The van der Waals surface area contributed by atoms with Crippen molar-refractivity contribution in [1.29, 1.82) is 0 Å². The fraction of sp³-hybridized carbons (Fsp3) is 0.381. The van der Waals surface area contributed by atoms with Gasteiger partial charge in [0.05, 0.1) is 17.1 Å². The molecule has 1 amide bonds. The molecule has 1 atom stereocenters. The van der Waals surface area contributed by atoms with Gasteiger partial charge in [0.2, 0.25) is 0 Å². The fourth-order valence-electron chi connectivity index (χ4n) is 3.82. The van der Waals surface area contributed by atoms with E-state index >= 15 is 0 Å². The summed E-state index contributed by atoms with van der Waals surface area (Å²) < 4.78 is 5.23. The number of aromatic nitrogens is 2. The van der Waals surface area contributed by atoms with Gasteiger partial charge in [0.1, 0.15) is 11.5 Å². The van der Waals surface area contributed by atoms with Crippen LogP contribution in [0, 0.1) is 13.8 Å². The van der Waals surface area contributed by atoms with Crippen LogP contribution in [-0.2, 0) is 6.42 Å². The summed E-state index contributed by atoms with van der Waals surface area (Å²) in [4.78, 5) is 20.0. The summed E-state index contributed by atoms with van der Waals surface area (Å²) in [5.74, 6) is 0.828. The first-order chi connectivity index (χ1) is 12.6. The summed E-state index contributed by atoms with van der Waals surface area (Å²) in [5.41, 5.74) is 4.52. The summed E-state index contributed by atoms with van der Waals surface area (Å²) in [6, 6.07) is 10.0. The lowest BCUT2D eigenvalue weighted by Crippen LogP contribution is -2.31. The molecule has 1 unspecified atom stereocenters. The van der Waals surface area contributed by atoms with Crippen molar-refractivity contribution in [1.82, 2.24) is 15.0 Å². The van der Waals surface area contributed by atoms with Crippen molar-refractivity contribution < 1.29 is 9.32 Å². The van der Waals surface area contributed by atoms with Crippen LogP contribution in [0.2, 0.25) is 0 Å². The molecule has 2 aromatic heterocycles. The molecular formula is C21H23N3O2. The molecule has 0 bridgehead atoms. The van der Waals surface area contributed by atoms with Crippen LogP contribution in [0.3, 0.4) is 0 Å². The third-order valence-corrected chi connectivity index (χ3v) is 5.14. The zero-order valence-corrected chi connectivity index (χ0v) is 15.5. The maximum Gasteiger partial charge on any atom is 0.255 e. The van der Waals surface area contributed by atoms with Gasteiger partial charge in [-0.3, -0.25) is 9.78 Å². The van der Waals surface area contributed by atoms with Crippen molar-refractivity contribution >= 4 is 16.8 Å². The lowest BCUT2D eigenvalue weighted by Gasteiger charge is -2.24. The highest BCUT2D eigenvalue weighted by Crippen LogP contribution is 2.34. The van der Waals surface area contributed by atoms with Gasteiger partial charge in [0.25, 0.3) is 5.91 Å². The molecule has 1 aliphatic rings. The zero-order valence-electron chi connectivity index (χ0n) is 15.5. The highest BCUT2D eigenvalue weighted by atomic mass is 16.5. The molecule has 26 heavy (non-hydrogen) atoms. The molecule has 0 aliphatic carbocycles. The molecule has 1 saturated heterocycles. The predicted molar refractivity (Wildman–Crippen MR) is 100 cm³/mol. The van der Waals surface area contributed by atoms with Gasteiger partial charge in [-0.25, -0.2) is 0 Å². The molecule has 0 N–H and O–H groups in total. The Bertz CT molecular complexity index is 977. The molecular weight excluding hydrogens is 326 g/mol. The van der Waals surface area contributed by atoms with Crippen molar-refractivity contribution in [2.45, 2.75) is 46.1 Å². The number of likely N-dealkylation sites (tertiary alicyclic amines) is 1. The number of amides is 1. The van der Waals surface area contributed by atoms with E-state index < -0.39 is 0 Å². The van der Waals surface area contributed by atoms with Gasteiger partial charge in [-0.2, -0.15) is 0 Å². The van der Waals surface area contributed by atoms with Crippen LogP contribution in [0.5, 0.6) is 0 Å². The number of hydrogen-bond acceptors (Lipinski definition) is 4. The smallest absolute Gasteiger partial charge is 0.255 e. The first kappa shape index (κ1) is 16.8. The Kier molecular flexibility index (Phi) is 4.23. The van der Waals surface area contributed by atoms with Crippen molar-refractivity contribution in [3.05, 3.63) is 58.6 Å². The molecule has 5 heteroatoms. The first-order valence-electron chi connectivity index (χ1n) is 9.21. The van der Waals surface area contributed by atoms with E-state index in [1.54, 1.807) is 0 Å². The Morgan fingerprint density at radius 1 is 1.27 bits per heavy atom. The number of fused-ring (bicyclic) bond motifs is 1. The molecule has 3 heterocycles. The number of nitrogens with zero attached hydrogens (tertiary/aromatic N) is 3. The number of hydrogen-bond donors (Lipinski definition) is 0. The number of aryl methyl sites for hydroxylation is 3. The summed E-state index contributed by atoms with van der Waals surface area (Å²) in [5, 5.41) is 5.08. The minimum absolute atomic E-state index is 0.0159. The van der Waals surface area contributed by atoms with E-state index in [1.165, 1.54) is 5.56 Å². The van der Waals surface area contributed by atoms with Crippen molar-refractivity contribution in [3.63, 3.8) is 0 Å². The Morgan fingerprint density at radius 2 is 2.12 bits per heavy atom. The van der Waals surface area contributed by atoms with E-state index in [1.807, 2.05) is 36.9 Å². The van der Waals surface area contributed by atoms with Crippen molar-refractivity contribution in [2.75, 3.05) is 6.54 Å². The molecule has 5 nitrogen and oxygen atoms in total. The van der Waals surface area contributed by atoms with Gasteiger partial charge < -0.3 is 9.42 Å². The first-order valence-corrected chi connectivity index (χ1v) is 9.21. The van der Waals surface area contributed by atoms with Crippen LogP contribution in [0.25, 0.3) is 10.9 Å². The Morgan fingerprint density at radius 3 is 2.85 bits per heavy atom. The molecule has 3 aromatic rings. The quantitative estimate of drug-likeness (QED) is 0.704. The molecule has 1 aromatic carbocycles. The molecule has 4 rings (SSSR count). The van der Waals surface area contributed by atoms with Crippen LogP contribution in [-0.4, -0.2) is 27.5 Å². The van der Waals surface area contributed by atoms with E-state index in [0.29, 0.717) is 0 Å². The summed E-state index contributed by atoms with van der Waals surface area (Å²) in [6.45, 7) is 6.68. The highest BCUT2D eigenvalue weighted by Gasteiger charge is 2.33. The van der Waals surface area contributed by atoms with Gasteiger partial charge in [0.15, 0.2) is 0 Å². The monoisotopic (exact) mass is 349 g/mol. The number of benzene rings is 1. The third kappa shape index (κ3) is 2.87. The molecule has 134 valence electrons. The van der Waals surface area contributed by atoms with Crippen LogP contribution in [0.15, 0.2) is 34.9 Å². The van der Waals surface area contributed by atoms with Crippen LogP contribution in [0.4, 0.5) is 0 Å². The molecule has 0 radical (unpaired) electrons. The lowest BCUT2D eigenvalue weighted by molar-refractivity contribution is 0.0732. The highest BCUT2D eigenvalue weighted by molar-refractivity contribution is 6.06. The number of carbonyl (C=O) groups excluding carboxylic acids is 1. The van der Waals surface area contributed by atoms with Crippen molar-refractivity contribution in [2.24, 2.45) is 0 Å². The lowest BCUT2D eigenvalue weighted by atomic mass is 10.0. The van der Waals surface area contributed by atoms with E-state index in [9.17, 15) is 4.79 Å². The zero-order chi connectivity index (χ0) is 18.3. The second-order valence-corrected chi connectivity index (χ2v) is 7.04. The predicted octanol–water partition coefficient (Wildman–Crippen LogP) is 4.38. The Hall–Kier alpha value is -2.69. The second-order valence-electron chi connectivity index (χ2n) is 7.04. The maximum absolute atomic E-state index is 13.4. The number of rotatable bonds is 3. The minimum atomic E-state index is -0.0159.